The molecular formula is C9H10BrN3OS. The molecule has 0 unspecified atom stereocenters. The smallest absolute Gasteiger partial charge is 0.269 e. The molecule has 80 valence electrons. The lowest BCUT2D eigenvalue weighted by Crippen LogP contribution is -2.44. The molecular weight excluding hydrogens is 278 g/mol. The summed E-state index contributed by atoms with van der Waals surface area (Å²) in [5.41, 5.74) is 11.4. The molecule has 6 heteroatoms. The maximum Gasteiger partial charge on any atom is 0.269 e. The maximum absolute atomic E-state index is 11.6. The van der Waals surface area contributed by atoms with E-state index in [9.17, 15) is 4.79 Å². The molecule has 0 radical (unpaired) electrons. The minimum Gasteiger partial charge on any atom is -0.375 e. The third-order valence-electron chi connectivity index (χ3n) is 1.81. The molecule has 1 rings (SSSR count). The zero-order valence-electron chi connectivity index (χ0n) is 8.00. The zero-order chi connectivity index (χ0) is 11.4. The zero-order valence-corrected chi connectivity index (χ0v) is 10.4. The van der Waals surface area contributed by atoms with E-state index in [0.29, 0.717) is 5.56 Å². The summed E-state index contributed by atoms with van der Waals surface area (Å²) >= 11 is 7.91. The van der Waals surface area contributed by atoms with Crippen LogP contribution in [0.15, 0.2) is 22.7 Å². The Kier molecular flexibility index (Phi) is 4.05. The molecule has 1 amide bonds. The van der Waals surface area contributed by atoms with Crippen molar-refractivity contribution < 1.29 is 4.79 Å². The van der Waals surface area contributed by atoms with Crippen LogP contribution in [-0.2, 0) is 0 Å². The molecule has 0 aliphatic carbocycles. The van der Waals surface area contributed by atoms with Crippen molar-refractivity contribution in [2.24, 2.45) is 5.73 Å². The van der Waals surface area contributed by atoms with Gasteiger partial charge in [0.05, 0.1) is 0 Å². The SMILES string of the molecule is Cc1c(Br)cccc1C(=O)NNC(N)=S. The van der Waals surface area contributed by atoms with Crippen molar-refractivity contribution >= 4 is 39.2 Å². The molecule has 0 spiro atoms. The van der Waals surface area contributed by atoms with Crippen LogP contribution in [0.25, 0.3) is 0 Å². The summed E-state index contributed by atoms with van der Waals surface area (Å²) in [6.07, 6.45) is 0. The van der Waals surface area contributed by atoms with Crippen molar-refractivity contribution in [3.05, 3.63) is 33.8 Å². The highest BCUT2D eigenvalue weighted by Crippen LogP contribution is 2.18. The number of nitrogens with two attached hydrogens (primary N) is 1. The Bertz CT molecular complexity index is 408. The van der Waals surface area contributed by atoms with Crippen LogP contribution in [-0.4, -0.2) is 11.0 Å². The second-order valence-electron chi connectivity index (χ2n) is 2.86. The first-order valence-corrected chi connectivity index (χ1v) is 5.33. The topological polar surface area (TPSA) is 67.2 Å². The molecule has 0 saturated carbocycles. The van der Waals surface area contributed by atoms with E-state index in [1.807, 2.05) is 13.0 Å². The van der Waals surface area contributed by atoms with Gasteiger partial charge in [-0.2, -0.15) is 0 Å². The van der Waals surface area contributed by atoms with Crippen LogP contribution < -0.4 is 16.6 Å². The van der Waals surface area contributed by atoms with E-state index >= 15 is 0 Å². The predicted octanol–water partition coefficient (Wildman–Crippen LogP) is 1.24. The number of hydrogen-bond donors (Lipinski definition) is 3. The van der Waals surface area contributed by atoms with Crippen molar-refractivity contribution in [3.63, 3.8) is 0 Å². The van der Waals surface area contributed by atoms with E-state index in [1.165, 1.54) is 0 Å². The van der Waals surface area contributed by atoms with Gasteiger partial charge >= 0.3 is 0 Å². The lowest BCUT2D eigenvalue weighted by atomic mass is 10.1. The van der Waals surface area contributed by atoms with E-state index in [2.05, 4.69) is 39.0 Å². The molecule has 0 aliphatic rings. The summed E-state index contributed by atoms with van der Waals surface area (Å²) in [4.78, 5) is 11.6. The van der Waals surface area contributed by atoms with E-state index < -0.39 is 0 Å². The summed E-state index contributed by atoms with van der Waals surface area (Å²) in [6, 6.07) is 5.37. The standard InChI is InChI=1S/C9H10BrN3OS/c1-5-6(3-2-4-7(5)10)8(14)12-13-9(11)15/h2-4H,1H3,(H,12,14)(H3,11,13,15). The van der Waals surface area contributed by atoms with Gasteiger partial charge in [-0.1, -0.05) is 22.0 Å². The normalized spacial score (nSPS) is 9.47. The monoisotopic (exact) mass is 287 g/mol. The highest BCUT2D eigenvalue weighted by atomic mass is 79.9. The van der Waals surface area contributed by atoms with E-state index in [4.69, 9.17) is 5.73 Å². The predicted molar refractivity (Wildman–Crippen MR) is 66.3 cm³/mol. The molecule has 0 bridgehead atoms. The van der Waals surface area contributed by atoms with Gasteiger partial charge in [0.25, 0.3) is 5.91 Å². The van der Waals surface area contributed by atoms with Crippen molar-refractivity contribution in [2.45, 2.75) is 6.92 Å². The first-order chi connectivity index (χ1) is 7.02. The van der Waals surface area contributed by atoms with Gasteiger partial charge in [-0.25, -0.2) is 0 Å². The number of amides is 1. The van der Waals surface area contributed by atoms with Crippen molar-refractivity contribution in [2.75, 3.05) is 0 Å². The second kappa shape index (κ2) is 5.09. The van der Waals surface area contributed by atoms with Crippen molar-refractivity contribution in [1.82, 2.24) is 10.9 Å². The Morgan fingerprint density at radius 3 is 2.73 bits per heavy atom. The molecule has 1 aromatic rings. The third-order valence-corrected chi connectivity index (χ3v) is 2.77. The largest absolute Gasteiger partial charge is 0.375 e. The summed E-state index contributed by atoms with van der Waals surface area (Å²) in [7, 11) is 0. The molecule has 1 aromatic carbocycles. The third kappa shape index (κ3) is 3.17. The second-order valence-corrected chi connectivity index (χ2v) is 4.15. The number of nitrogens with one attached hydrogen (secondary N) is 2. The van der Waals surface area contributed by atoms with Crippen LogP contribution in [0.3, 0.4) is 0 Å². The lowest BCUT2D eigenvalue weighted by Gasteiger charge is -2.09. The number of carbonyl (C=O) groups is 1. The summed E-state index contributed by atoms with van der Waals surface area (Å²) in [5.74, 6) is -0.276. The maximum atomic E-state index is 11.6. The molecule has 0 saturated heterocycles. The number of halogens is 1. The van der Waals surface area contributed by atoms with Gasteiger partial charge < -0.3 is 5.73 Å². The molecule has 15 heavy (non-hydrogen) atoms. The Balaban J connectivity index is 2.82. The van der Waals surface area contributed by atoms with Gasteiger partial charge in [-0.15, -0.1) is 0 Å². The first-order valence-electron chi connectivity index (χ1n) is 4.13. The number of hydrogen-bond acceptors (Lipinski definition) is 2. The van der Waals surface area contributed by atoms with Crippen LogP contribution in [0, 0.1) is 6.92 Å². The number of rotatable bonds is 1. The minimum atomic E-state index is -0.276. The fraction of sp³-hybridized carbons (Fsp3) is 0.111. The van der Waals surface area contributed by atoms with Gasteiger partial charge in [-0.05, 0) is 36.8 Å². The lowest BCUT2D eigenvalue weighted by molar-refractivity contribution is 0.0943. The molecule has 0 atom stereocenters. The van der Waals surface area contributed by atoms with Crippen LogP contribution in [0.5, 0.6) is 0 Å². The highest BCUT2D eigenvalue weighted by molar-refractivity contribution is 9.10. The van der Waals surface area contributed by atoms with Gasteiger partial charge in [-0.3, -0.25) is 15.6 Å². The summed E-state index contributed by atoms with van der Waals surface area (Å²) < 4.78 is 0.880. The number of benzene rings is 1. The number of thiocarbonyl (C=S) groups is 1. The fourth-order valence-corrected chi connectivity index (χ4v) is 1.46. The average molecular weight is 288 g/mol. The van der Waals surface area contributed by atoms with Crippen LogP contribution in [0.4, 0.5) is 0 Å². The van der Waals surface area contributed by atoms with Crippen LogP contribution in [0.1, 0.15) is 15.9 Å². The van der Waals surface area contributed by atoms with Crippen LogP contribution in [0.2, 0.25) is 0 Å². The van der Waals surface area contributed by atoms with Crippen molar-refractivity contribution in [3.8, 4) is 0 Å². The van der Waals surface area contributed by atoms with Crippen molar-refractivity contribution in [1.29, 1.82) is 0 Å². The summed E-state index contributed by atoms with van der Waals surface area (Å²) in [6.45, 7) is 1.85. The Morgan fingerprint density at radius 1 is 1.47 bits per heavy atom. The van der Waals surface area contributed by atoms with E-state index in [1.54, 1.807) is 12.1 Å². The van der Waals surface area contributed by atoms with Gasteiger partial charge in [0.15, 0.2) is 5.11 Å². The average Bonchev–Trinajstić information content (AvgIpc) is 2.18. The Hall–Kier alpha value is -1.14. The molecule has 4 N–H and O–H groups in total. The number of hydrazine groups is 1. The minimum absolute atomic E-state index is 0.0241. The Labute approximate surface area is 101 Å². The molecule has 0 heterocycles. The highest BCUT2D eigenvalue weighted by Gasteiger charge is 2.09. The van der Waals surface area contributed by atoms with E-state index in [-0.39, 0.29) is 11.0 Å². The van der Waals surface area contributed by atoms with E-state index in [0.717, 1.165) is 10.0 Å². The molecule has 0 fully saturated rings. The Morgan fingerprint density at radius 2 is 2.13 bits per heavy atom. The van der Waals surface area contributed by atoms with Gasteiger partial charge in [0, 0.05) is 10.0 Å². The molecule has 0 aromatic heterocycles. The number of carbonyl (C=O) groups excluding carboxylic acids is 1. The van der Waals surface area contributed by atoms with Gasteiger partial charge in [0.2, 0.25) is 0 Å². The van der Waals surface area contributed by atoms with Gasteiger partial charge in [0.1, 0.15) is 0 Å². The van der Waals surface area contributed by atoms with Crippen LogP contribution >= 0.6 is 28.1 Å². The summed E-state index contributed by atoms with van der Waals surface area (Å²) in [5, 5.41) is 0.0241. The fourth-order valence-electron chi connectivity index (χ4n) is 1.04. The first kappa shape index (κ1) is 11.9. The molecule has 4 nitrogen and oxygen atoms in total. The molecule has 0 aliphatic heterocycles. The quantitative estimate of drug-likeness (QED) is 0.537.